The Bertz CT molecular complexity index is 927. The van der Waals surface area contributed by atoms with Gasteiger partial charge in [0.25, 0.3) is 11.5 Å². The first-order valence-electron chi connectivity index (χ1n) is 8.58. The van der Waals surface area contributed by atoms with Gasteiger partial charge in [-0.3, -0.25) is 19.4 Å². The SMILES string of the molecule is CC(CCNC(=O)[C@H](O)c1ccccc1Cl)NC(=O)Cc1cc(=O)[nH]c(=O)[nH]1. The zero-order chi connectivity index (χ0) is 20.7. The number of benzene rings is 1. The van der Waals surface area contributed by atoms with Gasteiger partial charge >= 0.3 is 5.69 Å². The van der Waals surface area contributed by atoms with Gasteiger partial charge in [-0.2, -0.15) is 0 Å². The zero-order valence-corrected chi connectivity index (χ0v) is 15.9. The summed E-state index contributed by atoms with van der Waals surface area (Å²) in [7, 11) is 0. The smallest absolute Gasteiger partial charge is 0.325 e. The van der Waals surface area contributed by atoms with Gasteiger partial charge in [-0.25, -0.2) is 4.79 Å². The Kier molecular flexibility index (Phi) is 7.53. The molecule has 1 unspecified atom stereocenters. The van der Waals surface area contributed by atoms with E-state index in [1.165, 1.54) is 0 Å². The molecule has 0 aliphatic carbocycles. The highest BCUT2D eigenvalue weighted by Crippen LogP contribution is 2.22. The fraction of sp³-hybridized carbons (Fsp3) is 0.333. The summed E-state index contributed by atoms with van der Waals surface area (Å²) in [5.41, 5.74) is -0.744. The van der Waals surface area contributed by atoms with Crippen molar-refractivity contribution in [2.24, 2.45) is 0 Å². The summed E-state index contributed by atoms with van der Waals surface area (Å²) < 4.78 is 0. The van der Waals surface area contributed by atoms with Crippen LogP contribution in [0.2, 0.25) is 5.02 Å². The van der Waals surface area contributed by atoms with Crippen LogP contribution in [0.3, 0.4) is 0 Å². The summed E-state index contributed by atoms with van der Waals surface area (Å²) in [5.74, 6) is -0.969. The van der Waals surface area contributed by atoms with Gasteiger partial charge in [0.2, 0.25) is 5.91 Å². The summed E-state index contributed by atoms with van der Waals surface area (Å²) in [4.78, 5) is 50.8. The molecule has 2 rings (SSSR count). The number of aliphatic hydroxyl groups is 1. The third-order valence-electron chi connectivity index (χ3n) is 3.90. The average Bonchev–Trinajstić information content (AvgIpc) is 2.60. The van der Waals surface area contributed by atoms with E-state index in [2.05, 4.69) is 15.6 Å². The first-order valence-corrected chi connectivity index (χ1v) is 8.96. The van der Waals surface area contributed by atoms with Crippen molar-refractivity contribution in [3.8, 4) is 0 Å². The van der Waals surface area contributed by atoms with E-state index in [4.69, 9.17) is 11.6 Å². The number of amides is 2. The molecule has 9 nitrogen and oxygen atoms in total. The molecule has 0 saturated carbocycles. The molecule has 5 N–H and O–H groups in total. The molecule has 2 amide bonds. The van der Waals surface area contributed by atoms with E-state index in [1.54, 1.807) is 31.2 Å². The highest BCUT2D eigenvalue weighted by atomic mass is 35.5. The fourth-order valence-corrected chi connectivity index (χ4v) is 2.77. The third-order valence-corrected chi connectivity index (χ3v) is 4.24. The maximum Gasteiger partial charge on any atom is 0.325 e. The van der Waals surface area contributed by atoms with Crippen LogP contribution < -0.4 is 21.9 Å². The monoisotopic (exact) mass is 408 g/mol. The highest BCUT2D eigenvalue weighted by molar-refractivity contribution is 6.31. The lowest BCUT2D eigenvalue weighted by Gasteiger charge is -2.16. The average molecular weight is 409 g/mol. The van der Waals surface area contributed by atoms with Crippen LogP contribution >= 0.6 is 11.6 Å². The van der Waals surface area contributed by atoms with Crippen LogP contribution in [0.1, 0.15) is 30.7 Å². The van der Waals surface area contributed by atoms with Gasteiger partial charge in [0.1, 0.15) is 0 Å². The van der Waals surface area contributed by atoms with Crippen molar-refractivity contribution in [1.82, 2.24) is 20.6 Å². The van der Waals surface area contributed by atoms with Crippen molar-refractivity contribution < 1.29 is 14.7 Å². The molecule has 0 spiro atoms. The molecule has 0 bridgehead atoms. The summed E-state index contributed by atoms with van der Waals surface area (Å²) in [6.45, 7) is 1.97. The largest absolute Gasteiger partial charge is 0.378 e. The Hall–Kier alpha value is -2.91. The predicted molar refractivity (Wildman–Crippen MR) is 103 cm³/mol. The number of aliphatic hydroxyl groups excluding tert-OH is 1. The number of aromatic amines is 2. The van der Waals surface area contributed by atoms with Gasteiger partial charge < -0.3 is 20.7 Å². The van der Waals surface area contributed by atoms with Gasteiger partial charge in [0.05, 0.1) is 6.42 Å². The fourth-order valence-electron chi connectivity index (χ4n) is 2.53. The standard InChI is InChI=1S/C18H21ClN4O5/c1-10(21-14(24)8-11-9-15(25)23-18(28)22-11)6-7-20-17(27)16(26)12-4-2-3-5-13(12)19/h2-5,9-10,16,26H,6-8H2,1H3,(H,20,27)(H,21,24)(H2,22,23,25,28)/t10?,16-/m1/s1. The van der Waals surface area contributed by atoms with Gasteiger partial charge in [-0.15, -0.1) is 0 Å². The number of carbonyl (C=O) groups is 2. The number of carbonyl (C=O) groups excluding carboxylic acids is 2. The van der Waals surface area contributed by atoms with E-state index >= 15 is 0 Å². The Labute approximate surface area is 165 Å². The summed E-state index contributed by atoms with van der Waals surface area (Å²) in [6, 6.07) is 7.37. The van der Waals surface area contributed by atoms with E-state index < -0.39 is 23.3 Å². The normalized spacial score (nSPS) is 12.8. The number of rotatable bonds is 8. The molecule has 150 valence electrons. The van der Waals surface area contributed by atoms with Crippen LogP contribution in [-0.2, 0) is 16.0 Å². The van der Waals surface area contributed by atoms with Gasteiger partial charge in [0.15, 0.2) is 6.10 Å². The minimum absolute atomic E-state index is 0.152. The quantitative estimate of drug-likeness (QED) is 0.417. The molecule has 0 aliphatic rings. The summed E-state index contributed by atoms with van der Waals surface area (Å²) >= 11 is 5.96. The lowest BCUT2D eigenvalue weighted by Crippen LogP contribution is -2.38. The number of nitrogens with one attached hydrogen (secondary N) is 4. The second-order valence-electron chi connectivity index (χ2n) is 6.26. The summed E-state index contributed by atoms with van der Waals surface area (Å²) in [5, 5.41) is 15.6. The van der Waals surface area contributed by atoms with Crippen LogP contribution in [-0.4, -0.2) is 39.5 Å². The molecular weight excluding hydrogens is 388 g/mol. The minimum Gasteiger partial charge on any atom is -0.378 e. The minimum atomic E-state index is -1.38. The molecule has 2 atom stereocenters. The maximum absolute atomic E-state index is 12.0. The molecule has 1 aromatic heterocycles. The molecular formula is C18H21ClN4O5. The van der Waals surface area contributed by atoms with Gasteiger partial charge in [-0.1, -0.05) is 29.8 Å². The second-order valence-corrected chi connectivity index (χ2v) is 6.67. The molecule has 10 heteroatoms. The Morgan fingerprint density at radius 2 is 1.93 bits per heavy atom. The van der Waals surface area contributed by atoms with E-state index in [1.807, 2.05) is 4.98 Å². The van der Waals surface area contributed by atoms with Crippen molar-refractivity contribution >= 4 is 23.4 Å². The molecule has 0 saturated heterocycles. The molecule has 2 aromatic rings. The van der Waals surface area contributed by atoms with Crippen molar-refractivity contribution in [3.63, 3.8) is 0 Å². The number of hydrogen-bond donors (Lipinski definition) is 5. The molecule has 1 aromatic carbocycles. The van der Waals surface area contributed by atoms with Crippen LogP contribution in [0.15, 0.2) is 39.9 Å². The van der Waals surface area contributed by atoms with Crippen molar-refractivity contribution in [2.75, 3.05) is 6.54 Å². The van der Waals surface area contributed by atoms with E-state index in [0.29, 0.717) is 17.0 Å². The Morgan fingerprint density at radius 3 is 2.61 bits per heavy atom. The third kappa shape index (κ3) is 6.36. The van der Waals surface area contributed by atoms with Crippen LogP contribution in [0.5, 0.6) is 0 Å². The Morgan fingerprint density at radius 1 is 1.21 bits per heavy atom. The summed E-state index contributed by atoms with van der Waals surface area (Å²) in [6.07, 6.45) is -1.12. The lowest BCUT2D eigenvalue weighted by atomic mass is 10.1. The second kappa shape index (κ2) is 9.86. The lowest BCUT2D eigenvalue weighted by molar-refractivity contribution is -0.129. The van der Waals surface area contributed by atoms with E-state index in [9.17, 15) is 24.3 Å². The van der Waals surface area contributed by atoms with Crippen molar-refractivity contribution in [2.45, 2.75) is 31.9 Å². The number of halogens is 1. The van der Waals surface area contributed by atoms with E-state index in [0.717, 1.165) is 6.07 Å². The first-order chi connectivity index (χ1) is 13.3. The van der Waals surface area contributed by atoms with Gasteiger partial charge in [0, 0.05) is 34.9 Å². The van der Waals surface area contributed by atoms with Crippen LogP contribution in [0.4, 0.5) is 0 Å². The number of aromatic nitrogens is 2. The first kappa shape index (κ1) is 21.4. The number of hydrogen-bond acceptors (Lipinski definition) is 5. The van der Waals surface area contributed by atoms with Crippen LogP contribution in [0.25, 0.3) is 0 Å². The van der Waals surface area contributed by atoms with Gasteiger partial charge in [-0.05, 0) is 19.4 Å². The van der Waals surface area contributed by atoms with E-state index in [-0.39, 0.29) is 30.6 Å². The molecule has 1 heterocycles. The molecule has 0 radical (unpaired) electrons. The zero-order valence-electron chi connectivity index (χ0n) is 15.1. The Balaban J connectivity index is 1.77. The molecule has 0 aliphatic heterocycles. The molecule has 28 heavy (non-hydrogen) atoms. The molecule has 0 fully saturated rings. The number of H-pyrrole nitrogens is 2. The van der Waals surface area contributed by atoms with Crippen molar-refractivity contribution in [1.29, 1.82) is 0 Å². The highest BCUT2D eigenvalue weighted by Gasteiger charge is 2.19. The van der Waals surface area contributed by atoms with Crippen LogP contribution in [0, 0.1) is 0 Å². The topological polar surface area (TPSA) is 144 Å². The maximum atomic E-state index is 12.0. The predicted octanol–water partition coefficient (Wildman–Crippen LogP) is 0.00370. The van der Waals surface area contributed by atoms with Crippen molar-refractivity contribution in [3.05, 3.63) is 67.4 Å².